The third kappa shape index (κ3) is 1.85. The maximum absolute atomic E-state index is 5.23. The van der Waals surface area contributed by atoms with Crippen LogP contribution in [-0.4, -0.2) is 30.2 Å². The van der Waals surface area contributed by atoms with Crippen LogP contribution in [0.25, 0.3) is 0 Å². The van der Waals surface area contributed by atoms with Gasteiger partial charge >= 0.3 is 0 Å². The number of nitrogens with zero attached hydrogens (tertiary/aromatic N) is 2. The highest BCUT2D eigenvalue weighted by Crippen LogP contribution is 2.29. The van der Waals surface area contributed by atoms with Crippen LogP contribution in [0, 0.1) is 0 Å². The van der Waals surface area contributed by atoms with Crippen molar-refractivity contribution in [2.24, 2.45) is 0 Å². The van der Waals surface area contributed by atoms with Gasteiger partial charge in [0.05, 0.1) is 7.11 Å². The predicted molar refractivity (Wildman–Crippen MR) is 53.4 cm³/mol. The van der Waals surface area contributed by atoms with Crippen molar-refractivity contribution in [3.63, 3.8) is 0 Å². The van der Waals surface area contributed by atoms with Crippen LogP contribution in [0.15, 0.2) is 12.5 Å². The summed E-state index contributed by atoms with van der Waals surface area (Å²) in [6, 6.07) is 0. The molecule has 0 aromatic carbocycles. The summed E-state index contributed by atoms with van der Waals surface area (Å²) >= 11 is 0. The molecular weight excluding hydrogens is 178 g/mol. The van der Waals surface area contributed by atoms with Crippen LogP contribution in [0.3, 0.4) is 0 Å². The molecule has 76 valence electrons. The van der Waals surface area contributed by atoms with Gasteiger partial charge in [0.1, 0.15) is 6.33 Å². The van der Waals surface area contributed by atoms with Gasteiger partial charge in [0.15, 0.2) is 0 Å². The Bertz CT molecular complexity index is 297. The number of aromatic nitrogens is 2. The first-order chi connectivity index (χ1) is 6.92. The summed E-state index contributed by atoms with van der Waals surface area (Å²) in [7, 11) is 1.66. The van der Waals surface area contributed by atoms with Crippen LogP contribution in [0.1, 0.15) is 24.3 Å². The molecule has 0 saturated carbocycles. The number of methoxy groups -OCH3 is 1. The van der Waals surface area contributed by atoms with E-state index >= 15 is 0 Å². The molecule has 0 amide bonds. The third-order valence-corrected chi connectivity index (χ3v) is 2.67. The van der Waals surface area contributed by atoms with Gasteiger partial charge in [0, 0.05) is 11.8 Å². The molecule has 1 saturated heterocycles. The van der Waals surface area contributed by atoms with E-state index in [1.54, 1.807) is 7.11 Å². The van der Waals surface area contributed by atoms with Gasteiger partial charge in [0.2, 0.25) is 5.88 Å². The summed E-state index contributed by atoms with van der Waals surface area (Å²) in [6.45, 7) is 2.14. The molecule has 0 radical (unpaired) electrons. The first-order valence-corrected chi connectivity index (χ1v) is 4.96. The zero-order valence-electron chi connectivity index (χ0n) is 8.36. The molecule has 0 aliphatic carbocycles. The first-order valence-electron chi connectivity index (χ1n) is 4.96. The molecule has 1 aromatic heterocycles. The van der Waals surface area contributed by atoms with Crippen LogP contribution in [0.5, 0.6) is 5.88 Å². The first kappa shape index (κ1) is 9.40. The summed E-state index contributed by atoms with van der Waals surface area (Å²) in [5.41, 5.74) is 1.15. The Morgan fingerprint density at radius 3 is 2.93 bits per heavy atom. The zero-order chi connectivity index (χ0) is 9.80. The summed E-state index contributed by atoms with van der Waals surface area (Å²) in [4.78, 5) is 8.18. The zero-order valence-corrected chi connectivity index (χ0v) is 8.36. The lowest BCUT2D eigenvalue weighted by Crippen LogP contribution is -2.27. The van der Waals surface area contributed by atoms with Gasteiger partial charge < -0.3 is 10.1 Å². The molecule has 2 rings (SSSR count). The molecule has 2 heterocycles. The summed E-state index contributed by atoms with van der Waals surface area (Å²) in [6.07, 6.45) is 5.69. The van der Waals surface area contributed by atoms with Gasteiger partial charge in [-0.1, -0.05) is 0 Å². The number of rotatable bonds is 2. The number of piperidine rings is 1. The normalized spacial score (nSPS) is 18.1. The minimum atomic E-state index is 0.549. The van der Waals surface area contributed by atoms with Gasteiger partial charge in [-0.25, -0.2) is 9.97 Å². The molecular formula is C10H15N3O. The lowest BCUT2D eigenvalue weighted by Gasteiger charge is -2.23. The molecule has 14 heavy (non-hydrogen) atoms. The van der Waals surface area contributed by atoms with Crippen molar-refractivity contribution in [1.82, 2.24) is 15.3 Å². The topological polar surface area (TPSA) is 47.0 Å². The lowest BCUT2D eigenvalue weighted by molar-refractivity contribution is 0.375. The molecule has 0 atom stereocenters. The highest BCUT2D eigenvalue weighted by atomic mass is 16.5. The summed E-state index contributed by atoms with van der Waals surface area (Å²) < 4.78 is 5.23. The summed E-state index contributed by atoms with van der Waals surface area (Å²) in [5, 5.41) is 3.34. The molecule has 1 N–H and O–H groups in total. The van der Waals surface area contributed by atoms with Crippen LogP contribution in [-0.2, 0) is 0 Å². The second-order valence-corrected chi connectivity index (χ2v) is 3.51. The minimum Gasteiger partial charge on any atom is -0.481 e. The molecule has 4 nitrogen and oxygen atoms in total. The van der Waals surface area contributed by atoms with E-state index in [1.807, 2.05) is 6.20 Å². The number of ether oxygens (including phenoxy) is 1. The van der Waals surface area contributed by atoms with Gasteiger partial charge in [0.25, 0.3) is 0 Å². The van der Waals surface area contributed by atoms with Gasteiger partial charge in [-0.15, -0.1) is 0 Å². The molecule has 0 bridgehead atoms. The van der Waals surface area contributed by atoms with E-state index in [4.69, 9.17) is 4.74 Å². The Kier molecular flexibility index (Phi) is 2.93. The average Bonchev–Trinajstić information content (AvgIpc) is 2.30. The Morgan fingerprint density at radius 1 is 1.43 bits per heavy atom. The van der Waals surface area contributed by atoms with E-state index in [9.17, 15) is 0 Å². The highest BCUT2D eigenvalue weighted by Gasteiger charge is 2.19. The maximum Gasteiger partial charge on any atom is 0.219 e. The van der Waals surface area contributed by atoms with Crippen molar-refractivity contribution in [2.45, 2.75) is 18.8 Å². The Morgan fingerprint density at radius 2 is 2.21 bits per heavy atom. The van der Waals surface area contributed by atoms with Crippen LogP contribution in [0.4, 0.5) is 0 Å². The van der Waals surface area contributed by atoms with Crippen LogP contribution < -0.4 is 10.1 Å². The second kappa shape index (κ2) is 4.37. The van der Waals surface area contributed by atoms with Crippen LogP contribution in [0.2, 0.25) is 0 Å². The highest BCUT2D eigenvalue weighted by molar-refractivity contribution is 5.26. The Hall–Kier alpha value is -1.16. The van der Waals surface area contributed by atoms with Gasteiger partial charge in [-0.05, 0) is 31.8 Å². The van der Waals surface area contributed by atoms with Crippen molar-refractivity contribution in [3.8, 4) is 5.88 Å². The van der Waals surface area contributed by atoms with Crippen molar-refractivity contribution >= 4 is 0 Å². The van der Waals surface area contributed by atoms with Crippen molar-refractivity contribution in [2.75, 3.05) is 20.2 Å². The van der Waals surface area contributed by atoms with Crippen molar-refractivity contribution < 1.29 is 4.74 Å². The van der Waals surface area contributed by atoms with Crippen LogP contribution >= 0.6 is 0 Å². The van der Waals surface area contributed by atoms with E-state index in [0.29, 0.717) is 5.92 Å². The minimum absolute atomic E-state index is 0.549. The standard InChI is InChI=1S/C10H15N3O/c1-14-10-9(6-12-7-13-10)8-2-4-11-5-3-8/h6-8,11H,2-5H2,1H3. The largest absolute Gasteiger partial charge is 0.481 e. The fraction of sp³-hybridized carbons (Fsp3) is 0.600. The Labute approximate surface area is 83.7 Å². The second-order valence-electron chi connectivity index (χ2n) is 3.51. The van der Waals surface area contributed by atoms with E-state index in [-0.39, 0.29) is 0 Å². The lowest BCUT2D eigenvalue weighted by atomic mass is 9.92. The van der Waals surface area contributed by atoms with E-state index in [2.05, 4.69) is 15.3 Å². The maximum atomic E-state index is 5.23. The van der Waals surface area contributed by atoms with Gasteiger partial charge in [-0.3, -0.25) is 0 Å². The van der Waals surface area contributed by atoms with E-state index < -0.39 is 0 Å². The molecule has 1 aliphatic rings. The van der Waals surface area contributed by atoms with E-state index in [0.717, 1.165) is 37.4 Å². The fourth-order valence-corrected chi connectivity index (χ4v) is 1.91. The Balaban J connectivity index is 2.20. The molecule has 0 spiro atoms. The SMILES string of the molecule is COc1ncncc1C1CCNCC1. The molecule has 0 unspecified atom stereocenters. The summed E-state index contributed by atoms with van der Waals surface area (Å²) in [5.74, 6) is 1.28. The van der Waals surface area contributed by atoms with Crippen molar-refractivity contribution in [1.29, 1.82) is 0 Å². The monoisotopic (exact) mass is 193 g/mol. The predicted octanol–water partition coefficient (Wildman–Crippen LogP) is 0.952. The van der Waals surface area contributed by atoms with Crippen molar-refractivity contribution in [3.05, 3.63) is 18.1 Å². The van der Waals surface area contributed by atoms with E-state index in [1.165, 1.54) is 6.33 Å². The third-order valence-electron chi connectivity index (χ3n) is 2.67. The molecule has 1 aliphatic heterocycles. The number of hydrogen-bond acceptors (Lipinski definition) is 4. The number of hydrogen-bond donors (Lipinski definition) is 1. The average molecular weight is 193 g/mol. The number of nitrogens with one attached hydrogen (secondary N) is 1. The molecule has 1 aromatic rings. The smallest absolute Gasteiger partial charge is 0.219 e. The van der Waals surface area contributed by atoms with Gasteiger partial charge in [-0.2, -0.15) is 0 Å². The molecule has 1 fully saturated rings. The quantitative estimate of drug-likeness (QED) is 0.759. The fourth-order valence-electron chi connectivity index (χ4n) is 1.91. The molecule has 4 heteroatoms.